The summed E-state index contributed by atoms with van der Waals surface area (Å²) in [5, 5.41) is 2.31. The van der Waals surface area contributed by atoms with E-state index in [4.69, 9.17) is 0 Å². The van der Waals surface area contributed by atoms with Gasteiger partial charge in [-0.05, 0) is 24.7 Å². The maximum Gasteiger partial charge on any atom is 0.0743 e. The Labute approximate surface area is 72.8 Å². The predicted octanol–water partition coefficient (Wildman–Crippen LogP) is 2.78. The Morgan fingerprint density at radius 2 is 2.45 bits per heavy atom. The molecule has 0 aromatic rings. The van der Waals surface area contributed by atoms with E-state index in [0.29, 0.717) is 6.54 Å². The highest BCUT2D eigenvalue weighted by Crippen LogP contribution is 1.97. The first kappa shape index (κ1) is 10.0. The van der Waals surface area contributed by atoms with E-state index in [-0.39, 0.29) is 0 Å². The Morgan fingerprint density at radius 3 is 2.91 bits per heavy atom. The third-order valence-electron chi connectivity index (χ3n) is 1.04. The van der Waals surface area contributed by atoms with Crippen LogP contribution in [0.15, 0.2) is 41.4 Å². The van der Waals surface area contributed by atoms with Crippen LogP contribution in [0.1, 0.15) is 6.92 Å². The van der Waals surface area contributed by atoms with Gasteiger partial charge in [0.25, 0.3) is 0 Å². The van der Waals surface area contributed by atoms with E-state index < -0.39 is 0 Å². The number of nitrogens with zero attached hydrogens (tertiary/aromatic N) is 1. The maximum absolute atomic E-state index is 4.44. The molecule has 0 N–H and O–H groups in total. The minimum Gasteiger partial charge on any atom is -0.228 e. The normalized spacial score (nSPS) is 11.2. The Morgan fingerprint density at radius 1 is 1.73 bits per heavy atom. The van der Waals surface area contributed by atoms with Crippen LogP contribution in [-0.2, 0) is 0 Å². The van der Waals surface area contributed by atoms with Gasteiger partial charge in [0.15, 0.2) is 0 Å². The van der Waals surface area contributed by atoms with Gasteiger partial charge in [0, 0.05) is 0 Å². The number of isothiocyanates is 1. The van der Waals surface area contributed by atoms with Crippen molar-refractivity contribution in [3.8, 4) is 0 Å². The van der Waals surface area contributed by atoms with Crippen molar-refractivity contribution in [3.63, 3.8) is 0 Å². The van der Waals surface area contributed by atoms with Crippen LogP contribution < -0.4 is 0 Å². The number of aliphatic imine (C=N–C) groups is 1. The quantitative estimate of drug-likeness (QED) is 0.354. The second-order valence-corrected chi connectivity index (χ2v) is 2.07. The Hall–Kier alpha value is -0.980. The average molecular weight is 165 g/mol. The summed E-state index contributed by atoms with van der Waals surface area (Å²) in [5.74, 6) is 0. The zero-order valence-corrected chi connectivity index (χ0v) is 7.40. The molecule has 0 rings (SSSR count). The highest BCUT2D eigenvalue weighted by atomic mass is 32.1. The van der Waals surface area contributed by atoms with Crippen molar-refractivity contribution in [1.29, 1.82) is 0 Å². The molecule has 2 heteroatoms. The van der Waals surface area contributed by atoms with Crippen LogP contribution in [0.4, 0.5) is 0 Å². The first-order valence-electron chi connectivity index (χ1n) is 3.33. The van der Waals surface area contributed by atoms with E-state index in [0.717, 1.165) is 5.57 Å². The molecule has 0 saturated heterocycles. The standard InChI is InChI=1S/C9H11NS/c1-3-5-9(6-4-2)7-10-8-11/h3-6H,1,7H2,2H3/b6-4-,9-5+. The molecule has 58 valence electrons. The van der Waals surface area contributed by atoms with Gasteiger partial charge in [0.05, 0.1) is 11.7 Å². The minimum absolute atomic E-state index is 0.583. The summed E-state index contributed by atoms with van der Waals surface area (Å²) in [6, 6.07) is 0. The summed E-state index contributed by atoms with van der Waals surface area (Å²) in [6.07, 6.45) is 7.55. The fraction of sp³-hybridized carbons (Fsp3) is 0.222. The number of thiocarbonyl (C=S) groups is 1. The minimum atomic E-state index is 0.583. The molecule has 11 heavy (non-hydrogen) atoms. The highest BCUT2D eigenvalue weighted by molar-refractivity contribution is 7.78. The topological polar surface area (TPSA) is 12.4 Å². The van der Waals surface area contributed by atoms with Crippen LogP contribution in [0.3, 0.4) is 0 Å². The molecule has 0 spiro atoms. The SMILES string of the molecule is C=C/C=C(\C=C/C)CN=C=S. The molecule has 0 aliphatic rings. The van der Waals surface area contributed by atoms with E-state index in [1.165, 1.54) is 0 Å². The molecular formula is C9H11NS. The van der Waals surface area contributed by atoms with Gasteiger partial charge in [-0.2, -0.15) is 0 Å². The molecule has 0 bridgehead atoms. The summed E-state index contributed by atoms with van der Waals surface area (Å²) in [4.78, 5) is 3.81. The van der Waals surface area contributed by atoms with Crippen LogP contribution in [0.2, 0.25) is 0 Å². The number of allylic oxidation sites excluding steroid dienone is 3. The molecule has 0 aromatic heterocycles. The Balaban J connectivity index is 4.21. The van der Waals surface area contributed by atoms with E-state index in [1.54, 1.807) is 6.08 Å². The zero-order chi connectivity index (χ0) is 8.53. The molecule has 0 heterocycles. The smallest absolute Gasteiger partial charge is 0.0743 e. The fourth-order valence-electron chi connectivity index (χ4n) is 0.650. The fourth-order valence-corrected chi connectivity index (χ4v) is 0.715. The van der Waals surface area contributed by atoms with Crippen LogP contribution in [0.25, 0.3) is 0 Å². The average Bonchev–Trinajstić information content (AvgIpc) is 2.01. The van der Waals surface area contributed by atoms with Crippen molar-refractivity contribution in [1.82, 2.24) is 0 Å². The van der Waals surface area contributed by atoms with Crippen molar-refractivity contribution in [2.75, 3.05) is 6.54 Å². The largest absolute Gasteiger partial charge is 0.228 e. The van der Waals surface area contributed by atoms with Crippen molar-refractivity contribution in [3.05, 3.63) is 36.5 Å². The van der Waals surface area contributed by atoms with Gasteiger partial charge in [-0.1, -0.05) is 30.9 Å². The lowest BCUT2D eigenvalue weighted by atomic mass is 10.2. The summed E-state index contributed by atoms with van der Waals surface area (Å²) in [5.41, 5.74) is 1.08. The number of hydrogen-bond donors (Lipinski definition) is 0. The molecule has 0 aliphatic heterocycles. The molecule has 0 radical (unpaired) electrons. The van der Waals surface area contributed by atoms with Gasteiger partial charge in [0.2, 0.25) is 0 Å². The lowest BCUT2D eigenvalue weighted by Gasteiger charge is -1.91. The van der Waals surface area contributed by atoms with Crippen LogP contribution in [0.5, 0.6) is 0 Å². The molecule has 1 nitrogen and oxygen atoms in total. The first-order valence-corrected chi connectivity index (χ1v) is 3.74. The molecule has 0 saturated carbocycles. The van der Waals surface area contributed by atoms with Crippen LogP contribution in [-0.4, -0.2) is 11.7 Å². The van der Waals surface area contributed by atoms with E-state index in [2.05, 4.69) is 29.0 Å². The molecule has 0 aliphatic carbocycles. The molecule has 0 amide bonds. The van der Waals surface area contributed by atoms with Crippen LogP contribution in [0, 0.1) is 0 Å². The summed E-state index contributed by atoms with van der Waals surface area (Å²) < 4.78 is 0. The van der Waals surface area contributed by atoms with E-state index in [9.17, 15) is 0 Å². The van der Waals surface area contributed by atoms with Gasteiger partial charge in [-0.3, -0.25) is 0 Å². The molecule has 0 atom stereocenters. The highest BCUT2D eigenvalue weighted by Gasteiger charge is 1.85. The third kappa shape index (κ3) is 5.46. The van der Waals surface area contributed by atoms with Gasteiger partial charge >= 0.3 is 0 Å². The number of hydrogen-bond acceptors (Lipinski definition) is 2. The Bertz CT molecular complexity index is 220. The summed E-state index contributed by atoms with van der Waals surface area (Å²) in [6.45, 7) is 6.13. The maximum atomic E-state index is 4.44. The molecule has 0 unspecified atom stereocenters. The first-order chi connectivity index (χ1) is 5.35. The van der Waals surface area contributed by atoms with E-state index in [1.807, 2.05) is 25.2 Å². The predicted molar refractivity (Wildman–Crippen MR) is 53.0 cm³/mol. The van der Waals surface area contributed by atoms with Gasteiger partial charge < -0.3 is 0 Å². The van der Waals surface area contributed by atoms with Gasteiger partial charge in [0.1, 0.15) is 0 Å². The zero-order valence-electron chi connectivity index (χ0n) is 6.58. The molecule has 0 aromatic carbocycles. The van der Waals surface area contributed by atoms with E-state index >= 15 is 0 Å². The van der Waals surface area contributed by atoms with Crippen molar-refractivity contribution in [2.45, 2.75) is 6.92 Å². The lowest BCUT2D eigenvalue weighted by molar-refractivity contribution is 1.20. The van der Waals surface area contributed by atoms with Gasteiger partial charge in [-0.15, -0.1) is 0 Å². The number of rotatable bonds is 4. The van der Waals surface area contributed by atoms with Crippen molar-refractivity contribution < 1.29 is 0 Å². The molecule has 0 fully saturated rings. The lowest BCUT2D eigenvalue weighted by Crippen LogP contribution is -1.82. The summed E-state index contributed by atoms with van der Waals surface area (Å²) in [7, 11) is 0. The second kappa shape index (κ2) is 7.13. The van der Waals surface area contributed by atoms with Crippen molar-refractivity contribution >= 4 is 17.4 Å². The summed E-state index contributed by atoms with van der Waals surface area (Å²) >= 11 is 4.44. The second-order valence-electron chi connectivity index (χ2n) is 1.88. The third-order valence-corrected chi connectivity index (χ3v) is 1.17. The Kier molecular flexibility index (Phi) is 6.50. The monoisotopic (exact) mass is 165 g/mol. The van der Waals surface area contributed by atoms with Gasteiger partial charge in [-0.25, -0.2) is 4.99 Å². The van der Waals surface area contributed by atoms with Crippen molar-refractivity contribution in [2.24, 2.45) is 4.99 Å². The molecular weight excluding hydrogens is 154 g/mol. The van der Waals surface area contributed by atoms with Crippen LogP contribution >= 0.6 is 12.2 Å².